The highest BCUT2D eigenvalue weighted by Crippen LogP contribution is 2.14. The Labute approximate surface area is 130 Å². The largest absolute Gasteiger partial charge is 0.382 e. The molecule has 21 heavy (non-hydrogen) atoms. The van der Waals surface area contributed by atoms with Crippen molar-refractivity contribution in [2.45, 2.75) is 19.4 Å². The van der Waals surface area contributed by atoms with Crippen LogP contribution >= 0.6 is 11.6 Å². The molecule has 6 nitrogen and oxygen atoms in total. The summed E-state index contributed by atoms with van der Waals surface area (Å²) in [5, 5.41) is 6.17. The molecule has 0 aromatic carbocycles. The number of anilines is 1. The highest BCUT2D eigenvalue weighted by atomic mass is 35.5. The summed E-state index contributed by atoms with van der Waals surface area (Å²) in [5.41, 5.74) is 0.459. The zero-order valence-corrected chi connectivity index (χ0v) is 13.4. The zero-order valence-electron chi connectivity index (χ0n) is 12.6. The number of hydrogen-bond donors (Lipinski definition) is 2. The van der Waals surface area contributed by atoms with E-state index in [1.807, 2.05) is 6.92 Å². The van der Waals surface area contributed by atoms with Gasteiger partial charge in [-0.1, -0.05) is 18.5 Å². The third-order valence-electron chi connectivity index (χ3n) is 2.79. The number of halogens is 1. The van der Waals surface area contributed by atoms with Crippen molar-refractivity contribution in [2.75, 3.05) is 39.2 Å². The van der Waals surface area contributed by atoms with Gasteiger partial charge in [-0.3, -0.25) is 4.79 Å². The van der Waals surface area contributed by atoms with Crippen LogP contribution in [0.25, 0.3) is 0 Å². The maximum atomic E-state index is 12.1. The van der Waals surface area contributed by atoms with E-state index in [0.29, 0.717) is 24.5 Å². The Morgan fingerprint density at radius 2 is 2.19 bits per heavy atom. The molecule has 0 saturated carbocycles. The number of nitrogens with one attached hydrogen (secondary N) is 2. The van der Waals surface area contributed by atoms with Crippen LogP contribution < -0.4 is 10.6 Å². The first-order valence-electron chi connectivity index (χ1n) is 6.82. The second kappa shape index (κ2) is 9.55. The topological polar surface area (TPSA) is 72.5 Å². The van der Waals surface area contributed by atoms with Gasteiger partial charge in [0.1, 0.15) is 11.0 Å². The van der Waals surface area contributed by atoms with Crippen molar-refractivity contribution < 1.29 is 14.3 Å². The van der Waals surface area contributed by atoms with Crippen molar-refractivity contribution in [3.05, 3.63) is 22.8 Å². The van der Waals surface area contributed by atoms with Crippen LogP contribution in [0.2, 0.25) is 5.15 Å². The number of rotatable bonds is 9. The molecule has 1 aromatic heterocycles. The zero-order chi connectivity index (χ0) is 15.7. The number of carbonyl (C=O) groups excluding carboxylic acids is 1. The predicted octanol–water partition coefficient (Wildman–Crippen LogP) is 1.95. The minimum absolute atomic E-state index is 0.186. The van der Waals surface area contributed by atoms with Gasteiger partial charge in [0.25, 0.3) is 5.91 Å². The fraction of sp³-hybridized carbons (Fsp3) is 0.571. The Hall–Kier alpha value is -1.37. The van der Waals surface area contributed by atoms with E-state index in [1.165, 1.54) is 6.07 Å². The Morgan fingerprint density at radius 3 is 2.81 bits per heavy atom. The second-order valence-corrected chi connectivity index (χ2v) is 4.90. The third kappa shape index (κ3) is 6.29. The fourth-order valence-electron chi connectivity index (χ4n) is 1.68. The standard InChI is InChI=1S/C14H22ClN3O3/c1-4-5-16-13-7-10(6-12(15)18-13)14(19)17-8-11(21-3)9-20-2/h6-7,11H,4-5,8-9H2,1-3H3,(H,16,18)(H,17,19). The summed E-state index contributed by atoms with van der Waals surface area (Å²) in [5.74, 6) is 0.367. The first-order chi connectivity index (χ1) is 10.1. The summed E-state index contributed by atoms with van der Waals surface area (Å²) in [7, 11) is 3.16. The van der Waals surface area contributed by atoms with Crippen molar-refractivity contribution in [2.24, 2.45) is 0 Å². The Kier molecular flexibility index (Phi) is 8.04. The first kappa shape index (κ1) is 17.7. The average Bonchev–Trinajstić information content (AvgIpc) is 2.48. The van der Waals surface area contributed by atoms with Crippen LogP contribution in [-0.2, 0) is 9.47 Å². The molecule has 0 aliphatic rings. The van der Waals surface area contributed by atoms with Gasteiger partial charge >= 0.3 is 0 Å². The summed E-state index contributed by atoms with van der Waals surface area (Å²) >= 11 is 5.94. The van der Waals surface area contributed by atoms with E-state index in [-0.39, 0.29) is 17.2 Å². The van der Waals surface area contributed by atoms with Crippen molar-refractivity contribution in [1.82, 2.24) is 10.3 Å². The lowest BCUT2D eigenvalue weighted by atomic mass is 10.2. The van der Waals surface area contributed by atoms with Gasteiger partial charge in [0, 0.05) is 32.9 Å². The van der Waals surface area contributed by atoms with E-state index < -0.39 is 0 Å². The van der Waals surface area contributed by atoms with E-state index in [1.54, 1.807) is 20.3 Å². The fourth-order valence-corrected chi connectivity index (χ4v) is 1.89. The number of pyridine rings is 1. The molecule has 118 valence electrons. The number of ether oxygens (including phenoxy) is 2. The lowest BCUT2D eigenvalue weighted by molar-refractivity contribution is 0.0285. The van der Waals surface area contributed by atoms with Crippen molar-refractivity contribution >= 4 is 23.3 Å². The first-order valence-corrected chi connectivity index (χ1v) is 7.19. The molecule has 0 saturated heterocycles. The summed E-state index contributed by atoms with van der Waals surface area (Å²) in [6.45, 7) is 3.60. The molecule has 0 bridgehead atoms. The van der Waals surface area contributed by atoms with E-state index in [9.17, 15) is 4.79 Å². The number of carbonyl (C=O) groups is 1. The molecule has 0 fully saturated rings. The molecule has 1 unspecified atom stereocenters. The van der Waals surface area contributed by atoms with Crippen LogP contribution in [0.3, 0.4) is 0 Å². The van der Waals surface area contributed by atoms with Crippen LogP contribution in [0, 0.1) is 0 Å². The minimum atomic E-state index is -0.225. The molecular weight excluding hydrogens is 294 g/mol. The van der Waals surface area contributed by atoms with Crippen LogP contribution in [0.5, 0.6) is 0 Å². The molecule has 1 atom stereocenters. The van der Waals surface area contributed by atoms with Crippen molar-refractivity contribution in [1.29, 1.82) is 0 Å². The smallest absolute Gasteiger partial charge is 0.251 e. The Bertz CT molecular complexity index is 457. The van der Waals surface area contributed by atoms with Gasteiger partial charge in [-0.05, 0) is 18.6 Å². The molecule has 1 amide bonds. The number of methoxy groups -OCH3 is 2. The molecular formula is C14H22ClN3O3. The van der Waals surface area contributed by atoms with Gasteiger partial charge in [-0.2, -0.15) is 0 Å². The summed E-state index contributed by atoms with van der Waals surface area (Å²) < 4.78 is 10.2. The number of hydrogen-bond acceptors (Lipinski definition) is 5. The summed E-state index contributed by atoms with van der Waals surface area (Å²) in [6, 6.07) is 3.21. The summed E-state index contributed by atoms with van der Waals surface area (Å²) in [4.78, 5) is 16.3. The quantitative estimate of drug-likeness (QED) is 0.681. The lowest BCUT2D eigenvalue weighted by Crippen LogP contribution is -2.35. The summed E-state index contributed by atoms with van der Waals surface area (Å²) in [6.07, 6.45) is 0.774. The molecule has 1 rings (SSSR count). The molecule has 1 aromatic rings. The lowest BCUT2D eigenvalue weighted by Gasteiger charge is -2.15. The monoisotopic (exact) mass is 315 g/mol. The molecule has 2 N–H and O–H groups in total. The van der Waals surface area contributed by atoms with Crippen LogP contribution in [-0.4, -0.2) is 50.9 Å². The average molecular weight is 316 g/mol. The molecule has 1 heterocycles. The van der Waals surface area contributed by atoms with E-state index in [4.69, 9.17) is 21.1 Å². The van der Waals surface area contributed by atoms with Gasteiger partial charge in [0.15, 0.2) is 0 Å². The predicted molar refractivity (Wildman–Crippen MR) is 83.0 cm³/mol. The minimum Gasteiger partial charge on any atom is -0.382 e. The number of nitrogens with zero attached hydrogens (tertiary/aromatic N) is 1. The third-order valence-corrected chi connectivity index (χ3v) is 2.98. The maximum absolute atomic E-state index is 12.1. The van der Waals surface area contributed by atoms with Crippen molar-refractivity contribution in [3.8, 4) is 0 Å². The maximum Gasteiger partial charge on any atom is 0.251 e. The SMILES string of the molecule is CCCNc1cc(C(=O)NCC(COC)OC)cc(Cl)n1. The van der Waals surface area contributed by atoms with E-state index in [2.05, 4.69) is 15.6 Å². The Morgan fingerprint density at radius 1 is 1.43 bits per heavy atom. The highest BCUT2D eigenvalue weighted by Gasteiger charge is 2.12. The van der Waals surface area contributed by atoms with Gasteiger partial charge in [0.2, 0.25) is 0 Å². The van der Waals surface area contributed by atoms with Gasteiger partial charge in [-0.25, -0.2) is 4.98 Å². The van der Waals surface area contributed by atoms with Crippen LogP contribution in [0.15, 0.2) is 12.1 Å². The van der Waals surface area contributed by atoms with Crippen molar-refractivity contribution in [3.63, 3.8) is 0 Å². The number of amides is 1. The van der Waals surface area contributed by atoms with Gasteiger partial charge < -0.3 is 20.1 Å². The second-order valence-electron chi connectivity index (χ2n) is 4.51. The normalized spacial score (nSPS) is 12.0. The highest BCUT2D eigenvalue weighted by molar-refractivity contribution is 6.29. The molecule has 7 heteroatoms. The Balaban J connectivity index is 2.66. The van der Waals surface area contributed by atoms with E-state index >= 15 is 0 Å². The molecule has 0 aliphatic carbocycles. The van der Waals surface area contributed by atoms with Crippen LogP contribution in [0.4, 0.5) is 5.82 Å². The molecule has 0 radical (unpaired) electrons. The van der Waals surface area contributed by atoms with E-state index in [0.717, 1.165) is 13.0 Å². The van der Waals surface area contributed by atoms with Gasteiger partial charge in [-0.15, -0.1) is 0 Å². The molecule has 0 spiro atoms. The van der Waals surface area contributed by atoms with Crippen LogP contribution in [0.1, 0.15) is 23.7 Å². The molecule has 0 aliphatic heterocycles. The van der Waals surface area contributed by atoms with Gasteiger partial charge in [0.05, 0.1) is 12.7 Å². The number of aromatic nitrogens is 1.